The first kappa shape index (κ1) is 13.3. The quantitative estimate of drug-likeness (QED) is 0.489. The van der Waals surface area contributed by atoms with Crippen molar-refractivity contribution in [1.82, 2.24) is 0 Å². The fourth-order valence-electron chi connectivity index (χ4n) is 1.75. The largest absolute Gasteiger partial charge is 0.398 e. The maximum absolute atomic E-state index is 5.91. The first-order chi connectivity index (χ1) is 8.75. The van der Waals surface area contributed by atoms with Crippen molar-refractivity contribution >= 4 is 29.1 Å². The van der Waals surface area contributed by atoms with E-state index < -0.39 is 0 Å². The maximum Gasteiger partial charge on any atom is 0.0467 e. The van der Waals surface area contributed by atoms with E-state index in [0.717, 1.165) is 29.2 Å². The summed E-state index contributed by atoms with van der Waals surface area (Å²) in [5.74, 6) is 1.07. The van der Waals surface area contributed by atoms with Crippen LogP contribution in [-0.2, 0) is 6.42 Å². The Labute approximate surface area is 117 Å². The molecule has 2 aromatic rings. The van der Waals surface area contributed by atoms with E-state index in [-0.39, 0.29) is 0 Å². The van der Waals surface area contributed by atoms with Crippen molar-refractivity contribution in [2.45, 2.75) is 17.7 Å². The lowest BCUT2D eigenvalue weighted by Crippen LogP contribution is -1.91. The molecule has 18 heavy (non-hydrogen) atoms. The molecule has 0 aromatic heterocycles. The van der Waals surface area contributed by atoms with Gasteiger partial charge in [0.25, 0.3) is 0 Å². The molecule has 0 radical (unpaired) electrons. The van der Waals surface area contributed by atoms with Crippen molar-refractivity contribution in [3.63, 3.8) is 0 Å². The van der Waals surface area contributed by atoms with Crippen LogP contribution in [0.1, 0.15) is 12.0 Å². The fraction of sp³-hybridized carbons (Fsp3) is 0.200. The van der Waals surface area contributed by atoms with Crippen LogP contribution >= 0.6 is 23.4 Å². The van der Waals surface area contributed by atoms with Gasteiger partial charge in [-0.25, -0.2) is 0 Å². The highest BCUT2D eigenvalue weighted by Crippen LogP contribution is 2.28. The van der Waals surface area contributed by atoms with E-state index in [0.29, 0.717) is 5.02 Å². The first-order valence-electron chi connectivity index (χ1n) is 5.97. The summed E-state index contributed by atoms with van der Waals surface area (Å²) in [4.78, 5) is 1.12. The molecule has 1 nitrogen and oxygen atoms in total. The third-order valence-corrected chi connectivity index (χ3v) is 4.09. The standard InChI is InChI=1S/C15H16ClNS/c16-13-8-9-15(14(17)11-13)18-10-4-7-12-5-2-1-3-6-12/h1-3,5-6,8-9,11H,4,7,10,17H2. The molecule has 0 amide bonds. The Bertz CT molecular complexity index is 499. The van der Waals surface area contributed by atoms with E-state index in [1.807, 2.05) is 18.2 Å². The lowest BCUT2D eigenvalue weighted by atomic mass is 10.1. The van der Waals surface area contributed by atoms with Crippen molar-refractivity contribution in [3.8, 4) is 0 Å². The lowest BCUT2D eigenvalue weighted by molar-refractivity contribution is 0.933. The molecule has 0 saturated heterocycles. The summed E-state index contributed by atoms with van der Waals surface area (Å²) < 4.78 is 0. The highest BCUT2D eigenvalue weighted by Gasteiger charge is 2.01. The van der Waals surface area contributed by atoms with Gasteiger partial charge in [-0.1, -0.05) is 41.9 Å². The monoisotopic (exact) mass is 277 g/mol. The van der Waals surface area contributed by atoms with E-state index >= 15 is 0 Å². The lowest BCUT2D eigenvalue weighted by Gasteiger charge is -2.05. The molecule has 0 aliphatic carbocycles. The van der Waals surface area contributed by atoms with Crippen molar-refractivity contribution in [3.05, 3.63) is 59.1 Å². The molecule has 2 N–H and O–H groups in total. The molecule has 0 unspecified atom stereocenters. The molecule has 0 heterocycles. The Morgan fingerprint density at radius 1 is 1.06 bits per heavy atom. The Morgan fingerprint density at radius 2 is 1.83 bits per heavy atom. The number of nitrogens with two attached hydrogens (primary N) is 1. The predicted octanol–water partition coefficient (Wildman–Crippen LogP) is 4.65. The van der Waals surface area contributed by atoms with E-state index in [2.05, 4.69) is 24.3 Å². The molecule has 0 atom stereocenters. The van der Waals surface area contributed by atoms with Gasteiger partial charge in [0.1, 0.15) is 0 Å². The molecule has 0 aliphatic heterocycles. The highest BCUT2D eigenvalue weighted by atomic mass is 35.5. The number of benzene rings is 2. The predicted molar refractivity (Wildman–Crippen MR) is 81.4 cm³/mol. The number of anilines is 1. The van der Waals surface area contributed by atoms with Crippen molar-refractivity contribution in [2.24, 2.45) is 0 Å². The second-order valence-electron chi connectivity index (χ2n) is 4.12. The summed E-state index contributed by atoms with van der Waals surface area (Å²) in [7, 11) is 0. The van der Waals surface area contributed by atoms with Gasteiger partial charge in [-0.15, -0.1) is 11.8 Å². The van der Waals surface area contributed by atoms with Gasteiger partial charge in [0.05, 0.1) is 0 Å². The van der Waals surface area contributed by atoms with Gasteiger partial charge >= 0.3 is 0 Å². The van der Waals surface area contributed by atoms with Crippen LogP contribution in [0.2, 0.25) is 5.02 Å². The van der Waals surface area contributed by atoms with Gasteiger partial charge in [-0.05, 0) is 42.4 Å². The Morgan fingerprint density at radius 3 is 2.56 bits per heavy atom. The molecular formula is C15H16ClNS. The molecule has 0 spiro atoms. The number of thioether (sulfide) groups is 1. The SMILES string of the molecule is Nc1cc(Cl)ccc1SCCCc1ccccc1. The normalized spacial score (nSPS) is 10.5. The molecule has 2 aromatic carbocycles. The van der Waals surface area contributed by atoms with Crippen molar-refractivity contribution < 1.29 is 0 Å². The summed E-state index contributed by atoms with van der Waals surface area (Å²) in [6, 6.07) is 16.2. The van der Waals surface area contributed by atoms with E-state index in [4.69, 9.17) is 17.3 Å². The van der Waals surface area contributed by atoms with Gasteiger partial charge in [-0.3, -0.25) is 0 Å². The molecule has 0 bridgehead atoms. The highest BCUT2D eigenvalue weighted by molar-refractivity contribution is 7.99. The summed E-state index contributed by atoms with van der Waals surface area (Å²) in [6.45, 7) is 0. The second-order valence-corrected chi connectivity index (χ2v) is 5.69. The molecule has 0 saturated carbocycles. The average Bonchev–Trinajstić information content (AvgIpc) is 2.38. The number of rotatable bonds is 5. The number of hydrogen-bond donors (Lipinski definition) is 1. The van der Waals surface area contributed by atoms with Crippen LogP contribution < -0.4 is 5.73 Å². The molecule has 3 heteroatoms. The molecule has 0 aliphatic rings. The van der Waals surface area contributed by atoms with Gasteiger partial charge in [0.15, 0.2) is 0 Å². The third kappa shape index (κ3) is 3.97. The summed E-state index contributed by atoms with van der Waals surface area (Å²) in [5.41, 5.74) is 8.07. The number of aryl methyl sites for hydroxylation is 1. The summed E-state index contributed by atoms with van der Waals surface area (Å²) in [5, 5.41) is 0.695. The second kappa shape index (κ2) is 6.72. The van der Waals surface area contributed by atoms with Gasteiger partial charge in [0, 0.05) is 15.6 Å². The van der Waals surface area contributed by atoms with E-state index in [9.17, 15) is 0 Å². The average molecular weight is 278 g/mol. The number of hydrogen-bond acceptors (Lipinski definition) is 2. The fourth-order valence-corrected chi connectivity index (χ4v) is 2.83. The molecule has 94 valence electrons. The maximum atomic E-state index is 5.91. The third-order valence-electron chi connectivity index (χ3n) is 2.68. The first-order valence-corrected chi connectivity index (χ1v) is 7.34. The van der Waals surface area contributed by atoms with E-state index in [1.54, 1.807) is 17.8 Å². The topological polar surface area (TPSA) is 26.0 Å². The Balaban J connectivity index is 1.79. The van der Waals surface area contributed by atoms with Crippen LogP contribution in [0.3, 0.4) is 0 Å². The number of halogens is 1. The zero-order valence-corrected chi connectivity index (χ0v) is 11.7. The van der Waals surface area contributed by atoms with Crippen LogP contribution in [0.5, 0.6) is 0 Å². The van der Waals surface area contributed by atoms with Gasteiger partial charge < -0.3 is 5.73 Å². The Kier molecular flexibility index (Phi) is 4.97. The summed E-state index contributed by atoms with van der Waals surface area (Å²) in [6.07, 6.45) is 2.26. The molecule has 0 fully saturated rings. The van der Waals surface area contributed by atoms with Gasteiger partial charge in [-0.2, -0.15) is 0 Å². The smallest absolute Gasteiger partial charge is 0.0467 e. The molecule has 2 rings (SSSR count). The van der Waals surface area contributed by atoms with Crippen molar-refractivity contribution in [1.29, 1.82) is 0 Å². The minimum absolute atomic E-state index is 0.695. The Hall–Kier alpha value is -1.12. The van der Waals surface area contributed by atoms with Gasteiger partial charge in [0.2, 0.25) is 0 Å². The molecular weight excluding hydrogens is 262 g/mol. The van der Waals surface area contributed by atoms with Crippen LogP contribution in [0.4, 0.5) is 5.69 Å². The van der Waals surface area contributed by atoms with E-state index in [1.165, 1.54) is 5.56 Å². The van der Waals surface area contributed by atoms with Crippen LogP contribution in [0, 0.1) is 0 Å². The van der Waals surface area contributed by atoms with Crippen LogP contribution in [-0.4, -0.2) is 5.75 Å². The van der Waals surface area contributed by atoms with Crippen LogP contribution in [0.25, 0.3) is 0 Å². The summed E-state index contributed by atoms with van der Waals surface area (Å²) >= 11 is 7.66. The van der Waals surface area contributed by atoms with Crippen LogP contribution in [0.15, 0.2) is 53.4 Å². The number of nitrogen functional groups attached to an aromatic ring is 1. The minimum atomic E-state index is 0.695. The zero-order chi connectivity index (χ0) is 12.8. The zero-order valence-electron chi connectivity index (χ0n) is 10.1. The minimum Gasteiger partial charge on any atom is -0.398 e. The van der Waals surface area contributed by atoms with Crippen molar-refractivity contribution in [2.75, 3.05) is 11.5 Å².